The lowest BCUT2D eigenvalue weighted by Gasteiger charge is -2.24. The van der Waals surface area contributed by atoms with Crippen molar-refractivity contribution in [2.75, 3.05) is 6.61 Å². The van der Waals surface area contributed by atoms with Crippen molar-refractivity contribution >= 4 is 17.8 Å². The van der Waals surface area contributed by atoms with Gasteiger partial charge in [0, 0.05) is 6.42 Å². The van der Waals surface area contributed by atoms with Crippen molar-refractivity contribution in [3.8, 4) is 0 Å². The second kappa shape index (κ2) is 12.1. The Morgan fingerprint density at radius 1 is 1.07 bits per heavy atom. The quantitative estimate of drug-likeness (QED) is 0.401. The molecule has 0 radical (unpaired) electrons. The van der Waals surface area contributed by atoms with E-state index in [1.54, 1.807) is 30.3 Å². The summed E-state index contributed by atoms with van der Waals surface area (Å²) < 4.78 is 28.2. The second-order valence-corrected chi connectivity index (χ2v) is 6.98. The van der Waals surface area contributed by atoms with Gasteiger partial charge in [0.25, 0.3) is 0 Å². The molecule has 5 N–H and O–H groups in total. The Kier molecular flexibility index (Phi) is 10.2. The highest BCUT2D eigenvalue weighted by Crippen LogP contribution is 2.08. The van der Waals surface area contributed by atoms with Gasteiger partial charge < -0.3 is 26.2 Å². The van der Waals surface area contributed by atoms with Gasteiger partial charge in [-0.3, -0.25) is 9.59 Å². The van der Waals surface area contributed by atoms with Crippen LogP contribution in [0, 0.1) is 5.92 Å². The summed E-state index contributed by atoms with van der Waals surface area (Å²) in [6.45, 7) is -0.167. The third-order valence-corrected chi connectivity index (χ3v) is 3.98. The molecule has 8 nitrogen and oxygen atoms in total. The van der Waals surface area contributed by atoms with Crippen molar-refractivity contribution in [3.63, 3.8) is 0 Å². The molecule has 10 heteroatoms. The number of halogens is 2. The van der Waals surface area contributed by atoms with Crippen LogP contribution in [0.4, 0.5) is 8.78 Å². The third kappa shape index (κ3) is 9.44. The van der Waals surface area contributed by atoms with E-state index >= 15 is 0 Å². The summed E-state index contributed by atoms with van der Waals surface area (Å²) in [5, 5.41) is 14.2. The van der Waals surface area contributed by atoms with Gasteiger partial charge in [-0.2, -0.15) is 8.78 Å². The Bertz CT molecular complexity index is 673. The average Bonchev–Trinajstić information content (AvgIpc) is 2.65. The van der Waals surface area contributed by atoms with Gasteiger partial charge in [0.05, 0.1) is 6.61 Å². The number of benzene rings is 1. The van der Waals surface area contributed by atoms with E-state index in [9.17, 15) is 28.3 Å². The van der Waals surface area contributed by atoms with Gasteiger partial charge in [-0.15, -0.1) is 0 Å². The summed E-state index contributed by atoms with van der Waals surface area (Å²) >= 11 is 0. The summed E-state index contributed by atoms with van der Waals surface area (Å²) in [5.74, 6) is -2.78. The lowest BCUT2D eigenvalue weighted by molar-refractivity contribution is -0.144. The highest BCUT2D eigenvalue weighted by molar-refractivity contribution is 5.91. The number of hydrogen-bond donors (Lipinski definition) is 4. The Balaban J connectivity index is 2.80. The minimum Gasteiger partial charge on any atom is -0.480 e. The number of carboxylic acid groups (broad SMARTS) is 1. The molecule has 0 spiro atoms. The fraction of sp³-hybridized carbons (Fsp3) is 0.526. The van der Waals surface area contributed by atoms with Crippen molar-refractivity contribution in [2.45, 2.75) is 51.4 Å². The fourth-order valence-electron chi connectivity index (χ4n) is 2.56. The molecule has 1 aromatic carbocycles. The van der Waals surface area contributed by atoms with Gasteiger partial charge in [-0.25, -0.2) is 4.79 Å². The molecular formula is C19H27F2N3O5. The normalized spacial score (nSPS) is 14.3. The SMILES string of the molecule is CC(C)C[C@H](NC(=O)[C@@H](N)COC(F)F)C(=O)N[C@@H](Cc1ccccc1)C(=O)O. The molecule has 0 saturated heterocycles. The number of aliphatic carboxylic acids is 1. The number of nitrogens with two attached hydrogens (primary N) is 1. The highest BCUT2D eigenvalue weighted by atomic mass is 19.3. The fourth-order valence-corrected chi connectivity index (χ4v) is 2.56. The van der Waals surface area contributed by atoms with Crippen LogP contribution in [0.15, 0.2) is 30.3 Å². The minimum atomic E-state index is -3.07. The van der Waals surface area contributed by atoms with Crippen molar-refractivity contribution in [2.24, 2.45) is 11.7 Å². The molecule has 0 aromatic heterocycles. The van der Waals surface area contributed by atoms with Gasteiger partial charge in [0.2, 0.25) is 11.8 Å². The second-order valence-electron chi connectivity index (χ2n) is 6.98. The van der Waals surface area contributed by atoms with E-state index in [-0.39, 0.29) is 18.8 Å². The Hall–Kier alpha value is -2.59. The first-order valence-electron chi connectivity index (χ1n) is 9.13. The predicted molar refractivity (Wildman–Crippen MR) is 101 cm³/mol. The number of rotatable bonds is 12. The zero-order chi connectivity index (χ0) is 22.0. The van der Waals surface area contributed by atoms with Crippen molar-refractivity contribution in [1.29, 1.82) is 0 Å². The maximum atomic E-state index is 12.6. The lowest BCUT2D eigenvalue weighted by atomic mass is 10.0. The molecule has 0 aliphatic rings. The van der Waals surface area contributed by atoms with Crippen molar-refractivity contribution in [3.05, 3.63) is 35.9 Å². The van der Waals surface area contributed by atoms with E-state index in [4.69, 9.17) is 5.73 Å². The summed E-state index contributed by atoms with van der Waals surface area (Å²) in [7, 11) is 0. The maximum absolute atomic E-state index is 12.6. The molecule has 0 bridgehead atoms. The van der Waals surface area contributed by atoms with Crippen molar-refractivity contribution in [1.82, 2.24) is 10.6 Å². The van der Waals surface area contributed by atoms with Crippen LogP contribution in [0.1, 0.15) is 25.8 Å². The predicted octanol–water partition coefficient (Wildman–Crippen LogP) is 0.896. The first-order chi connectivity index (χ1) is 13.6. The zero-order valence-corrected chi connectivity index (χ0v) is 16.3. The number of carbonyl (C=O) groups is 3. The number of nitrogens with one attached hydrogen (secondary N) is 2. The van der Waals surface area contributed by atoms with Crippen LogP contribution < -0.4 is 16.4 Å². The summed E-state index contributed by atoms with van der Waals surface area (Å²) in [4.78, 5) is 36.3. The Morgan fingerprint density at radius 2 is 1.66 bits per heavy atom. The molecule has 2 amide bonds. The Labute approximate surface area is 167 Å². The molecule has 0 saturated carbocycles. The number of amides is 2. The molecule has 1 rings (SSSR count). The van der Waals surface area contributed by atoms with Crippen LogP contribution in [-0.2, 0) is 25.5 Å². The summed E-state index contributed by atoms with van der Waals surface area (Å²) in [5.41, 5.74) is 6.22. The molecule has 1 aromatic rings. The van der Waals surface area contributed by atoms with Crippen LogP contribution in [0.5, 0.6) is 0 Å². The minimum absolute atomic E-state index is 0.0167. The average molecular weight is 415 g/mol. The molecule has 0 fully saturated rings. The van der Waals surface area contributed by atoms with E-state index in [2.05, 4.69) is 15.4 Å². The largest absolute Gasteiger partial charge is 0.480 e. The lowest BCUT2D eigenvalue weighted by Crippen LogP contribution is -2.55. The monoisotopic (exact) mass is 415 g/mol. The molecular weight excluding hydrogens is 388 g/mol. The summed E-state index contributed by atoms with van der Waals surface area (Å²) in [6.07, 6.45) is 0.268. The molecule has 162 valence electrons. The standard InChI is InChI=1S/C19H27F2N3O5/c1-11(2)8-14(23-16(25)13(22)10-29-19(20)21)17(26)24-15(18(27)28)9-12-6-4-3-5-7-12/h3-7,11,13-15,19H,8-10,22H2,1-2H3,(H,23,25)(H,24,26)(H,27,28)/t13-,14-,15-/m0/s1. The molecule has 29 heavy (non-hydrogen) atoms. The van der Waals surface area contributed by atoms with E-state index in [1.807, 2.05) is 13.8 Å². The van der Waals surface area contributed by atoms with Gasteiger partial charge in [-0.05, 0) is 17.9 Å². The van der Waals surface area contributed by atoms with E-state index < -0.39 is 49.1 Å². The van der Waals surface area contributed by atoms with Crippen molar-refractivity contribution < 1.29 is 33.0 Å². The van der Waals surface area contributed by atoms with E-state index in [1.165, 1.54) is 0 Å². The number of hydrogen-bond acceptors (Lipinski definition) is 5. The molecule has 0 aliphatic heterocycles. The van der Waals surface area contributed by atoms with E-state index in [0.29, 0.717) is 0 Å². The van der Waals surface area contributed by atoms with Gasteiger partial charge in [0.15, 0.2) is 0 Å². The van der Waals surface area contributed by atoms with Crippen LogP contribution in [0.2, 0.25) is 0 Å². The van der Waals surface area contributed by atoms with Crippen LogP contribution in [0.3, 0.4) is 0 Å². The van der Waals surface area contributed by atoms with Gasteiger partial charge in [-0.1, -0.05) is 44.2 Å². The first-order valence-corrected chi connectivity index (χ1v) is 9.13. The first kappa shape index (κ1) is 24.4. The number of alkyl halides is 2. The number of ether oxygens (including phenoxy) is 1. The third-order valence-electron chi connectivity index (χ3n) is 3.98. The van der Waals surface area contributed by atoms with Gasteiger partial charge >= 0.3 is 12.6 Å². The Morgan fingerprint density at radius 3 is 2.17 bits per heavy atom. The molecule has 0 unspecified atom stereocenters. The smallest absolute Gasteiger partial charge is 0.345 e. The topological polar surface area (TPSA) is 131 Å². The maximum Gasteiger partial charge on any atom is 0.345 e. The highest BCUT2D eigenvalue weighted by Gasteiger charge is 2.29. The van der Waals surface area contributed by atoms with Gasteiger partial charge in [0.1, 0.15) is 18.1 Å². The molecule has 0 aliphatic carbocycles. The molecule has 3 atom stereocenters. The van der Waals surface area contributed by atoms with E-state index in [0.717, 1.165) is 5.56 Å². The number of carbonyl (C=O) groups excluding carboxylic acids is 2. The van der Waals surface area contributed by atoms with Crippen LogP contribution in [0.25, 0.3) is 0 Å². The van der Waals surface area contributed by atoms with Crippen LogP contribution >= 0.6 is 0 Å². The van der Waals surface area contributed by atoms with Crippen LogP contribution in [-0.4, -0.2) is 54.2 Å². The number of carboxylic acids is 1. The summed E-state index contributed by atoms with van der Waals surface area (Å²) in [6, 6.07) is 5.08. The zero-order valence-electron chi connectivity index (χ0n) is 16.3. The molecule has 0 heterocycles.